The predicted octanol–water partition coefficient (Wildman–Crippen LogP) is 4.03. The van der Waals surface area contributed by atoms with Crippen molar-refractivity contribution >= 4 is 0 Å². The van der Waals surface area contributed by atoms with Gasteiger partial charge >= 0.3 is 0 Å². The molecule has 4 rings (SSSR count). The lowest BCUT2D eigenvalue weighted by Gasteiger charge is -2.08. The molecule has 96 valence electrons. The first-order valence-corrected chi connectivity index (χ1v) is 6.68. The smallest absolute Gasteiger partial charge is 0.133 e. The van der Waals surface area contributed by atoms with Crippen LogP contribution in [0.4, 0.5) is 0 Å². The maximum Gasteiger partial charge on any atom is 0.133 e. The maximum atomic E-state index is 9.38. The number of rotatable bonds is 1. The highest BCUT2D eigenvalue weighted by Gasteiger charge is 2.21. The van der Waals surface area contributed by atoms with Crippen molar-refractivity contribution in [2.24, 2.45) is 0 Å². The molecular weight excluding hydrogens is 246 g/mol. The van der Waals surface area contributed by atoms with Gasteiger partial charge in [0, 0.05) is 5.56 Å². The number of nitrogens with zero attached hydrogens (tertiary/aromatic N) is 1. The zero-order valence-electron chi connectivity index (χ0n) is 10.9. The molecule has 1 aliphatic carbocycles. The minimum absolute atomic E-state index is 0.199. The lowest BCUT2D eigenvalue weighted by Crippen LogP contribution is -1.90. The van der Waals surface area contributed by atoms with Gasteiger partial charge in [-0.25, -0.2) is 0 Å². The van der Waals surface area contributed by atoms with E-state index in [1.807, 2.05) is 6.07 Å². The molecule has 0 fully saturated rings. The standard InChI is InChI=1S/C18H13NO/c20-13-8-9-18(19-11-13)16-7-3-6-15-14-5-2-1-4-12(14)10-17(15)16/h1-9,11,20H,10H2. The molecule has 0 unspecified atom stereocenters. The van der Waals surface area contributed by atoms with Crippen LogP contribution in [0.2, 0.25) is 0 Å². The normalized spacial score (nSPS) is 12.0. The molecule has 0 atom stereocenters. The Morgan fingerprint density at radius 1 is 0.800 bits per heavy atom. The zero-order chi connectivity index (χ0) is 13.5. The number of pyridine rings is 1. The number of hydrogen-bond donors (Lipinski definition) is 1. The SMILES string of the molecule is Oc1ccc(-c2cccc3c2Cc2ccccc2-3)nc1. The third-order valence-electron chi connectivity index (χ3n) is 3.87. The molecule has 0 bridgehead atoms. The highest BCUT2D eigenvalue weighted by Crippen LogP contribution is 2.40. The molecule has 2 aromatic carbocycles. The molecule has 3 aromatic rings. The molecular formula is C18H13NO. The fraction of sp³-hybridized carbons (Fsp3) is 0.0556. The van der Waals surface area contributed by atoms with Crippen molar-refractivity contribution in [1.29, 1.82) is 0 Å². The van der Waals surface area contributed by atoms with Crippen molar-refractivity contribution in [3.63, 3.8) is 0 Å². The summed E-state index contributed by atoms with van der Waals surface area (Å²) in [7, 11) is 0. The van der Waals surface area contributed by atoms with Crippen molar-refractivity contribution in [1.82, 2.24) is 4.98 Å². The number of hydrogen-bond acceptors (Lipinski definition) is 2. The molecule has 0 radical (unpaired) electrons. The van der Waals surface area contributed by atoms with Crippen molar-refractivity contribution in [2.75, 3.05) is 0 Å². The average molecular weight is 259 g/mol. The highest BCUT2D eigenvalue weighted by atomic mass is 16.3. The van der Waals surface area contributed by atoms with Gasteiger partial charge in [-0.15, -0.1) is 0 Å². The van der Waals surface area contributed by atoms with E-state index >= 15 is 0 Å². The van der Waals surface area contributed by atoms with E-state index in [0.29, 0.717) is 0 Å². The van der Waals surface area contributed by atoms with Crippen LogP contribution in [-0.2, 0) is 6.42 Å². The van der Waals surface area contributed by atoms with Gasteiger partial charge in [-0.1, -0.05) is 42.5 Å². The van der Waals surface area contributed by atoms with Gasteiger partial charge in [-0.2, -0.15) is 0 Å². The van der Waals surface area contributed by atoms with Gasteiger partial charge in [0.05, 0.1) is 11.9 Å². The van der Waals surface area contributed by atoms with Crippen LogP contribution in [0.3, 0.4) is 0 Å². The van der Waals surface area contributed by atoms with Crippen LogP contribution >= 0.6 is 0 Å². The molecule has 1 aliphatic rings. The Morgan fingerprint density at radius 2 is 1.60 bits per heavy atom. The second-order valence-corrected chi connectivity index (χ2v) is 5.07. The number of benzene rings is 2. The number of fused-ring (bicyclic) bond motifs is 3. The van der Waals surface area contributed by atoms with Gasteiger partial charge in [-0.05, 0) is 40.8 Å². The molecule has 0 aliphatic heterocycles. The minimum Gasteiger partial charge on any atom is -0.506 e. The summed E-state index contributed by atoms with van der Waals surface area (Å²) in [4.78, 5) is 4.34. The maximum absolute atomic E-state index is 9.38. The molecule has 2 nitrogen and oxygen atoms in total. The van der Waals surface area contributed by atoms with Gasteiger partial charge in [0.1, 0.15) is 5.75 Å². The van der Waals surface area contributed by atoms with Gasteiger partial charge in [0.25, 0.3) is 0 Å². The Morgan fingerprint density at radius 3 is 2.45 bits per heavy atom. The third kappa shape index (κ3) is 1.62. The van der Waals surface area contributed by atoms with E-state index in [1.54, 1.807) is 6.07 Å². The van der Waals surface area contributed by atoms with Crippen molar-refractivity contribution in [2.45, 2.75) is 6.42 Å². The summed E-state index contributed by atoms with van der Waals surface area (Å²) in [6.45, 7) is 0. The molecule has 0 saturated heterocycles. The largest absolute Gasteiger partial charge is 0.506 e. The van der Waals surface area contributed by atoms with E-state index in [0.717, 1.165) is 17.7 Å². The molecule has 1 aromatic heterocycles. The molecule has 0 amide bonds. The summed E-state index contributed by atoms with van der Waals surface area (Å²) in [5, 5.41) is 9.38. The number of aromatic nitrogens is 1. The van der Waals surface area contributed by atoms with Crippen LogP contribution < -0.4 is 0 Å². The van der Waals surface area contributed by atoms with Crippen molar-refractivity contribution < 1.29 is 5.11 Å². The molecule has 0 spiro atoms. The van der Waals surface area contributed by atoms with Crippen LogP contribution in [0.5, 0.6) is 5.75 Å². The second kappa shape index (κ2) is 4.20. The summed E-state index contributed by atoms with van der Waals surface area (Å²) in [5.74, 6) is 0.199. The van der Waals surface area contributed by atoms with Crippen LogP contribution in [0, 0.1) is 0 Å². The summed E-state index contributed by atoms with van der Waals surface area (Å²) >= 11 is 0. The van der Waals surface area contributed by atoms with Gasteiger partial charge in [0.2, 0.25) is 0 Å². The first-order chi connectivity index (χ1) is 9.83. The Labute approximate surface area is 117 Å². The Balaban J connectivity index is 1.91. The Hall–Kier alpha value is -2.61. The fourth-order valence-corrected chi connectivity index (χ4v) is 2.94. The van der Waals surface area contributed by atoms with Crippen LogP contribution in [0.1, 0.15) is 11.1 Å². The lowest BCUT2D eigenvalue weighted by atomic mass is 9.99. The van der Waals surface area contributed by atoms with E-state index in [1.165, 1.54) is 28.5 Å². The molecule has 2 heteroatoms. The highest BCUT2D eigenvalue weighted by molar-refractivity contribution is 5.83. The molecule has 1 heterocycles. The summed E-state index contributed by atoms with van der Waals surface area (Å²) in [6, 6.07) is 18.4. The van der Waals surface area contributed by atoms with Crippen molar-refractivity contribution in [3.05, 3.63) is 71.9 Å². The van der Waals surface area contributed by atoms with Crippen LogP contribution in [-0.4, -0.2) is 10.1 Å². The Bertz CT molecular complexity index is 791. The zero-order valence-corrected chi connectivity index (χ0v) is 10.9. The van der Waals surface area contributed by atoms with E-state index in [4.69, 9.17) is 0 Å². The summed E-state index contributed by atoms with van der Waals surface area (Å²) in [6.07, 6.45) is 2.45. The fourth-order valence-electron chi connectivity index (χ4n) is 2.94. The monoisotopic (exact) mass is 259 g/mol. The minimum atomic E-state index is 0.199. The molecule has 1 N–H and O–H groups in total. The quantitative estimate of drug-likeness (QED) is 0.560. The van der Waals surface area contributed by atoms with Crippen molar-refractivity contribution in [3.8, 4) is 28.1 Å². The molecule has 0 saturated carbocycles. The summed E-state index contributed by atoms with van der Waals surface area (Å²) in [5.41, 5.74) is 7.38. The van der Waals surface area contributed by atoms with E-state index in [-0.39, 0.29) is 5.75 Å². The predicted molar refractivity (Wildman–Crippen MR) is 79.6 cm³/mol. The van der Waals surface area contributed by atoms with Gasteiger partial charge in [-0.3, -0.25) is 4.98 Å². The average Bonchev–Trinajstić information content (AvgIpc) is 2.87. The van der Waals surface area contributed by atoms with E-state index in [2.05, 4.69) is 47.4 Å². The molecule has 20 heavy (non-hydrogen) atoms. The van der Waals surface area contributed by atoms with E-state index in [9.17, 15) is 5.11 Å². The van der Waals surface area contributed by atoms with E-state index < -0.39 is 0 Å². The van der Waals surface area contributed by atoms with Gasteiger partial charge in [0.15, 0.2) is 0 Å². The first-order valence-electron chi connectivity index (χ1n) is 6.68. The van der Waals surface area contributed by atoms with Crippen LogP contribution in [0.25, 0.3) is 22.4 Å². The Kier molecular flexibility index (Phi) is 2.36. The topological polar surface area (TPSA) is 33.1 Å². The third-order valence-corrected chi connectivity index (χ3v) is 3.87. The number of aromatic hydroxyl groups is 1. The first kappa shape index (κ1) is 11.2. The van der Waals surface area contributed by atoms with Gasteiger partial charge < -0.3 is 5.11 Å². The summed E-state index contributed by atoms with van der Waals surface area (Å²) < 4.78 is 0. The second-order valence-electron chi connectivity index (χ2n) is 5.07. The lowest BCUT2D eigenvalue weighted by molar-refractivity contribution is 0.473. The van der Waals surface area contributed by atoms with Crippen LogP contribution in [0.15, 0.2) is 60.8 Å².